The summed E-state index contributed by atoms with van der Waals surface area (Å²) in [5.41, 5.74) is 2.52. The number of nitrogens with zero attached hydrogens (tertiary/aromatic N) is 1. The molecule has 1 fully saturated rings. The fourth-order valence-corrected chi connectivity index (χ4v) is 2.85. The van der Waals surface area contributed by atoms with Gasteiger partial charge in [0, 0.05) is 29.2 Å². The molecular formula is C12H21N3S. The second-order valence-corrected chi connectivity index (χ2v) is 6.58. The number of hydrogen-bond donors (Lipinski definition) is 2. The fourth-order valence-electron chi connectivity index (χ4n) is 1.91. The van der Waals surface area contributed by atoms with E-state index in [0.29, 0.717) is 6.04 Å². The summed E-state index contributed by atoms with van der Waals surface area (Å²) in [4.78, 5) is 8.19. The Morgan fingerprint density at radius 3 is 2.62 bits per heavy atom. The zero-order valence-electron chi connectivity index (χ0n) is 10.6. The monoisotopic (exact) mass is 239 g/mol. The summed E-state index contributed by atoms with van der Waals surface area (Å²) in [5.74, 6) is 3.44. The molecule has 1 saturated heterocycles. The summed E-state index contributed by atoms with van der Waals surface area (Å²) in [6.07, 6.45) is 0. The van der Waals surface area contributed by atoms with E-state index in [9.17, 15) is 0 Å². The normalized spacial score (nSPS) is 22.4. The summed E-state index contributed by atoms with van der Waals surface area (Å²) >= 11 is 2.01. The second kappa shape index (κ2) is 4.41. The van der Waals surface area contributed by atoms with Gasteiger partial charge in [-0.15, -0.1) is 0 Å². The van der Waals surface area contributed by atoms with Crippen LogP contribution < -0.4 is 5.32 Å². The number of aromatic nitrogens is 2. The first-order valence-electron chi connectivity index (χ1n) is 5.86. The average molecular weight is 239 g/mol. The van der Waals surface area contributed by atoms with Crippen molar-refractivity contribution >= 4 is 11.8 Å². The highest BCUT2D eigenvalue weighted by Gasteiger charge is 2.24. The Hall–Kier alpha value is -0.480. The molecule has 3 nitrogen and oxygen atoms in total. The van der Waals surface area contributed by atoms with Gasteiger partial charge in [0.05, 0.1) is 11.7 Å². The molecule has 1 aliphatic rings. The van der Waals surface area contributed by atoms with E-state index in [1.165, 1.54) is 17.1 Å². The third kappa shape index (κ3) is 2.43. The summed E-state index contributed by atoms with van der Waals surface area (Å²) in [5, 5.41) is 3.54. The molecule has 1 unspecified atom stereocenters. The molecule has 2 N–H and O–H groups in total. The molecule has 1 aromatic rings. The molecule has 90 valence electrons. The van der Waals surface area contributed by atoms with Crippen LogP contribution in [0.1, 0.15) is 44.0 Å². The Morgan fingerprint density at radius 2 is 2.12 bits per heavy atom. The Balaban J connectivity index is 2.24. The first-order valence-corrected chi connectivity index (χ1v) is 7.02. The van der Waals surface area contributed by atoms with Crippen LogP contribution in [0.25, 0.3) is 0 Å². The van der Waals surface area contributed by atoms with Crippen LogP contribution in [-0.4, -0.2) is 28.0 Å². The Morgan fingerprint density at radius 1 is 1.38 bits per heavy atom. The van der Waals surface area contributed by atoms with E-state index < -0.39 is 0 Å². The van der Waals surface area contributed by atoms with Crippen LogP contribution in [0.2, 0.25) is 0 Å². The van der Waals surface area contributed by atoms with Gasteiger partial charge in [-0.25, -0.2) is 4.98 Å². The van der Waals surface area contributed by atoms with Gasteiger partial charge >= 0.3 is 0 Å². The number of nitrogens with one attached hydrogen (secondary N) is 2. The van der Waals surface area contributed by atoms with Crippen molar-refractivity contribution < 1.29 is 0 Å². The Bertz CT molecular complexity index is 359. The van der Waals surface area contributed by atoms with Crippen LogP contribution in [0.4, 0.5) is 0 Å². The molecule has 1 atom stereocenters. The van der Waals surface area contributed by atoms with E-state index in [1.54, 1.807) is 0 Å². The number of thioether (sulfide) groups is 1. The molecular weight excluding hydrogens is 218 g/mol. The largest absolute Gasteiger partial charge is 0.345 e. The quantitative estimate of drug-likeness (QED) is 0.790. The van der Waals surface area contributed by atoms with Crippen LogP contribution in [-0.2, 0) is 5.41 Å². The number of aromatic amines is 1. The molecule has 0 spiro atoms. The van der Waals surface area contributed by atoms with Gasteiger partial charge in [0.1, 0.15) is 5.82 Å². The van der Waals surface area contributed by atoms with Crippen LogP contribution >= 0.6 is 11.8 Å². The van der Waals surface area contributed by atoms with E-state index in [-0.39, 0.29) is 5.41 Å². The topological polar surface area (TPSA) is 40.7 Å². The maximum atomic E-state index is 4.77. The molecule has 2 rings (SSSR count). The lowest BCUT2D eigenvalue weighted by Gasteiger charge is -2.22. The minimum absolute atomic E-state index is 0.102. The van der Waals surface area contributed by atoms with Crippen LogP contribution in [0.3, 0.4) is 0 Å². The second-order valence-electron chi connectivity index (χ2n) is 5.43. The molecule has 4 heteroatoms. The van der Waals surface area contributed by atoms with Crippen LogP contribution in [0.5, 0.6) is 0 Å². The zero-order valence-corrected chi connectivity index (χ0v) is 11.4. The van der Waals surface area contributed by atoms with E-state index in [2.05, 4.69) is 38.0 Å². The van der Waals surface area contributed by atoms with Gasteiger partial charge in [-0.1, -0.05) is 20.8 Å². The standard InChI is InChI=1S/C12H21N3S/c1-8-10(9-7-16-6-5-13-9)15-11(14-8)12(2,3)4/h9,13H,5-7H2,1-4H3,(H,14,15). The molecule has 0 amide bonds. The van der Waals surface area contributed by atoms with Gasteiger partial charge in [-0.2, -0.15) is 11.8 Å². The maximum absolute atomic E-state index is 4.77. The van der Waals surface area contributed by atoms with Gasteiger partial charge in [0.15, 0.2) is 0 Å². The lowest BCUT2D eigenvalue weighted by Crippen LogP contribution is -2.31. The fraction of sp³-hybridized carbons (Fsp3) is 0.750. The number of rotatable bonds is 1. The lowest BCUT2D eigenvalue weighted by atomic mass is 9.96. The first-order chi connectivity index (χ1) is 7.48. The smallest absolute Gasteiger partial charge is 0.112 e. The van der Waals surface area contributed by atoms with E-state index in [0.717, 1.165) is 18.1 Å². The third-order valence-corrected chi connectivity index (χ3v) is 3.95. The molecule has 0 bridgehead atoms. The maximum Gasteiger partial charge on any atom is 0.112 e. The van der Waals surface area contributed by atoms with Crippen molar-refractivity contribution in [2.75, 3.05) is 18.1 Å². The van der Waals surface area contributed by atoms with Gasteiger partial charge in [0.2, 0.25) is 0 Å². The zero-order chi connectivity index (χ0) is 11.8. The minimum Gasteiger partial charge on any atom is -0.345 e. The van der Waals surface area contributed by atoms with E-state index in [4.69, 9.17) is 4.98 Å². The Kier molecular flexibility index (Phi) is 3.31. The van der Waals surface area contributed by atoms with Gasteiger partial charge in [-0.3, -0.25) is 0 Å². The van der Waals surface area contributed by atoms with Crippen molar-refractivity contribution in [3.8, 4) is 0 Å². The highest BCUT2D eigenvalue weighted by molar-refractivity contribution is 7.99. The molecule has 1 aliphatic heterocycles. The van der Waals surface area contributed by atoms with Crippen molar-refractivity contribution in [2.24, 2.45) is 0 Å². The molecule has 1 aromatic heterocycles. The molecule has 16 heavy (non-hydrogen) atoms. The van der Waals surface area contributed by atoms with Crippen molar-refractivity contribution in [1.82, 2.24) is 15.3 Å². The molecule has 0 aromatic carbocycles. The summed E-state index contributed by atoms with van der Waals surface area (Å²) in [6, 6.07) is 0.422. The lowest BCUT2D eigenvalue weighted by molar-refractivity contribution is 0.541. The third-order valence-electron chi connectivity index (χ3n) is 2.88. The first kappa shape index (κ1) is 12.0. The molecule has 0 radical (unpaired) electrons. The summed E-state index contributed by atoms with van der Waals surface area (Å²) < 4.78 is 0. The number of aryl methyl sites for hydroxylation is 1. The van der Waals surface area contributed by atoms with E-state index >= 15 is 0 Å². The summed E-state index contributed by atoms with van der Waals surface area (Å²) in [6.45, 7) is 9.79. The Labute approximate surface area is 102 Å². The van der Waals surface area contributed by atoms with Gasteiger partial charge in [-0.05, 0) is 6.92 Å². The van der Waals surface area contributed by atoms with Crippen LogP contribution in [0.15, 0.2) is 0 Å². The molecule has 0 saturated carbocycles. The summed E-state index contributed by atoms with van der Waals surface area (Å²) in [7, 11) is 0. The van der Waals surface area contributed by atoms with E-state index in [1.807, 2.05) is 11.8 Å². The predicted octanol–water partition coefficient (Wildman–Crippen LogP) is 2.39. The SMILES string of the molecule is Cc1[nH]c(C(C)(C)C)nc1C1CSCCN1. The van der Waals surface area contributed by atoms with Gasteiger partial charge in [0.25, 0.3) is 0 Å². The molecule has 2 heterocycles. The van der Waals surface area contributed by atoms with Crippen LogP contribution in [0, 0.1) is 6.92 Å². The highest BCUT2D eigenvalue weighted by atomic mass is 32.2. The molecule has 0 aliphatic carbocycles. The minimum atomic E-state index is 0.102. The highest BCUT2D eigenvalue weighted by Crippen LogP contribution is 2.26. The number of hydrogen-bond acceptors (Lipinski definition) is 3. The van der Waals surface area contributed by atoms with Crippen molar-refractivity contribution in [3.63, 3.8) is 0 Å². The predicted molar refractivity (Wildman–Crippen MR) is 70.1 cm³/mol. The number of imidazole rings is 1. The van der Waals surface area contributed by atoms with Crippen molar-refractivity contribution in [3.05, 3.63) is 17.2 Å². The van der Waals surface area contributed by atoms with Crippen molar-refractivity contribution in [2.45, 2.75) is 39.2 Å². The van der Waals surface area contributed by atoms with Crippen molar-refractivity contribution in [1.29, 1.82) is 0 Å². The number of H-pyrrole nitrogens is 1. The average Bonchev–Trinajstić information content (AvgIpc) is 2.61. The van der Waals surface area contributed by atoms with Gasteiger partial charge < -0.3 is 10.3 Å².